The normalized spacial score (nSPS) is 11.2. The van der Waals surface area contributed by atoms with Gasteiger partial charge in [0.15, 0.2) is 5.82 Å². The highest BCUT2D eigenvalue weighted by Crippen LogP contribution is 2.28. The van der Waals surface area contributed by atoms with Crippen LogP contribution in [0.4, 0.5) is 28.0 Å². The molecule has 0 aliphatic heterocycles. The largest absolute Gasteiger partial charge is 0.465 e. The molecular weight excluding hydrogens is 438 g/mol. The Hall–Kier alpha value is -4.29. The minimum atomic E-state index is -3.02. The fraction of sp³-hybridized carbons (Fsp3) is 0.105. The summed E-state index contributed by atoms with van der Waals surface area (Å²) in [5.41, 5.74) is 0.0478. The van der Waals surface area contributed by atoms with E-state index in [-0.39, 0.29) is 29.4 Å². The van der Waals surface area contributed by atoms with Crippen LogP contribution in [0.2, 0.25) is 0 Å². The van der Waals surface area contributed by atoms with Gasteiger partial charge in [-0.2, -0.15) is 13.8 Å². The Bertz CT molecular complexity index is 1270. The summed E-state index contributed by atoms with van der Waals surface area (Å²) in [6.45, 7) is 0. The number of carbonyl (C=O) groups is 1. The van der Waals surface area contributed by atoms with Gasteiger partial charge in [-0.3, -0.25) is 5.32 Å². The zero-order valence-electron chi connectivity index (χ0n) is 15.7. The minimum absolute atomic E-state index is 0.0110. The third kappa shape index (κ3) is 4.40. The van der Waals surface area contributed by atoms with Crippen molar-refractivity contribution in [2.24, 2.45) is 0 Å². The van der Waals surface area contributed by atoms with Crippen LogP contribution >= 0.6 is 0 Å². The summed E-state index contributed by atoms with van der Waals surface area (Å²) in [5, 5.41) is 21.1. The van der Waals surface area contributed by atoms with E-state index in [1.807, 2.05) is 0 Å². The predicted octanol–water partition coefficient (Wildman–Crippen LogP) is 4.68. The monoisotopic (exact) mass is 449 g/mol. The van der Waals surface area contributed by atoms with Crippen LogP contribution in [0.15, 0.2) is 45.3 Å². The van der Waals surface area contributed by atoms with Crippen molar-refractivity contribution in [3.05, 3.63) is 65.3 Å². The average Bonchev–Trinajstić information content (AvgIpc) is 3.40. The maximum atomic E-state index is 14.5. The first-order valence-electron chi connectivity index (χ1n) is 8.83. The molecule has 2 N–H and O–H groups in total. The van der Waals surface area contributed by atoms with Gasteiger partial charge in [0.25, 0.3) is 11.8 Å². The average molecular weight is 449 g/mol. The Morgan fingerprint density at radius 2 is 1.81 bits per heavy atom. The predicted molar refractivity (Wildman–Crippen MR) is 98.8 cm³/mol. The third-order valence-electron chi connectivity index (χ3n) is 4.18. The lowest BCUT2D eigenvalue weighted by atomic mass is 10.1. The molecule has 9 nitrogen and oxygen atoms in total. The van der Waals surface area contributed by atoms with Gasteiger partial charge in [0.2, 0.25) is 5.89 Å². The number of anilines is 1. The van der Waals surface area contributed by atoms with Gasteiger partial charge >= 0.3 is 12.5 Å². The Labute approximate surface area is 175 Å². The quantitative estimate of drug-likeness (QED) is 0.406. The first-order chi connectivity index (χ1) is 15.3. The second-order valence-corrected chi connectivity index (χ2v) is 6.37. The Morgan fingerprint density at radius 1 is 1.06 bits per heavy atom. The van der Waals surface area contributed by atoms with Gasteiger partial charge in [-0.15, -0.1) is 10.2 Å². The van der Waals surface area contributed by atoms with Crippen molar-refractivity contribution in [3.63, 3.8) is 0 Å². The summed E-state index contributed by atoms with van der Waals surface area (Å²) in [6, 6.07) is 7.82. The molecular formula is C19H11F4N5O4. The maximum Gasteiger partial charge on any atom is 0.409 e. The lowest BCUT2D eigenvalue weighted by Gasteiger charge is -2.04. The van der Waals surface area contributed by atoms with E-state index in [1.54, 1.807) is 12.1 Å². The van der Waals surface area contributed by atoms with Crippen molar-refractivity contribution >= 4 is 11.8 Å². The van der Waals surface area contributed by atoms with Crippen molar-refractivity contribution in [2.75, 3.05) is 5.32 Å². The molecule has 2 heterocycles. The van der Waals surface area contributed by atoms with E-state index in [0.29, 0.717) is 5.56 Å². The highest BCUT2D eigenvalue weighted by atomic mass is 19.3. The number of nitrogens with zero attached hydrogens (tertiary/aromatic N) is 4. The van der Waals surface area contributed by atoms with Gasteiger partial charge in [-0.25, -0.2) is 13.6 Å². The molecule has 164 valence electrons. The van der Waals surface area contributed by atoms with E-state index in [9.17, 15) is 22.4 Å². The van der Waals surface area contributed by atoms with E-state index in [4.69, 9.17) is 14.0 Å². The first kappa shape index (κ1) is 21.0. The molecule has 4 rings (SSSR count). The van der Waals surface area contributed by atoms with Crippen LogP contribution in [0.25, 0.3) is 22.9 Å². The van der Waals surface area contributed by atoms with E-state index >= 15 is 0 Å². The van der Waals surface area contributed by atoms with Crippen molar-refractivity contribution in [2.45, 2.75) is 12.8 Å². The number of hydrogen-bond acceptors (Lipinski definition) is 7. The highest BCUT2D eigenvalue weighted by Gasteiger charge is 2.21. The van der Waals surface area contributed by atoms with Crippen molar-refractivity contribution in [1.29, 1.82) is 0 Å². The maximum absolute atomic E-state index is 14.5. The SMILES string of the molecule is O=C(O)Nc1cccc(-c2nc(Cc3c(F)cc(-c4nnc(C(F)F)o4)cc3F)no2)c1. The number of aromatic nitrogens is 4. The molecule has 0 unspecified atom stereocenters. The lowest BCUT2D eigenvalue weighted by molar-refractivity contribution is 0.116. The number of nitrogens with one attached hydrogen (secondary N) is 1. The molecule has 0 saturated heterocycles. The molecule has 0 aliphatic carbocycles. The molecule has 0 radical (unpaired) electrons. The fourth-order valence-corrected chi connectivity index (χ4v) is 2.79. The fourth-order valence-electron chi connectivity index (χ4n) is 2.79. The van der Waals surface area contributed by atoms with Crippen LogP contribution in [0.5, 0.6) is 0 Å². The van der Waals surface area contributed by atoms with Crippen molar-refractivity contribution in [3.8, 4) is 22.9 Å². The second-order valence-electron chi connectivity index (χ2n) is 6.37. The molecule has 2 aromatic carbocycles. The number of carboxylic acid groups (broad SMARTS) is 1. The number of halogens is 4. The highest BCUT2D eigenvalue weighted by molar-refractivity contribution is 5.83. The molecule has 4 aromatic rings. The summed E-state index contributed by atoms with van der Waals surface area (Å²) in [6.07, 6.45) is -4.65. The number of rotatable bonds is 6. The summed E-state index contributed by atoms with van der Waals surface area (Å²) in [7, 11) is 0. The smallest absolute Gasteiger partial charge is 0.409 e. The summed E-state index contributed by atoms with van der Waals surface area (Å²) in [4.78, 5) is 14.8. The molecule has 13 heteroatoms. The molecule has 32 heavy (non-hydrogen) atoms. The van der Waals surface area contributed by atoms with E-state index in [0.717, 1.165) is 12.1 Å². The molecule has 0 aliphatic rings. The summed E-state index contributed by atoms with van der Waals surface area (Å²) >= 11 is 0. The van der Waals surface area contributed by atoms with Crippen molar-refractivity contribution in [1.82, 2.24) is 20.3 Å². The lowest BCUT2D eigenvalue weighted by Crippen LogP contribution is -2.06. The molecule has 2 aromatic heterocycles. The number of amides is 1. The van der Waals surface area contributed by atoms with Crippen LogP contribution < -0.4 is 5.32 Å². The number of benzene rings is 2. The van der Waals surface area contributed by atoms with Gasteiger partial charge in [-0.1, -0.05) is 11.2 Å². The minimum Gasteiger partial charge on any atom is -0.465 e. The molecule has 0 spiro atoms. The van der Waals surface area contributed by atoms with Crippen LogP contribution in [0.3, 0.4) is 0 Å². The summed E-state index contributed by atoms with van der Waals surface area (Å²) < 4.78 is 64.0. The number of hydrogen-bond donors (Lipinski definition) is 2. The molecule has 0 saturated carbocycles. The van der Waals surface area contributed by atoms with Gasteiger partial charge in [-0.05, 0) is 30.3 Å². The van der Waals surface area contributed by atoms with Crippen LogP contribution in [0, 0.1) is 11.6 Å². The van der Waals surface area contributed by atoms with Gasteiger partial charge in [0, 0.05) is 28.8 Å². The van der Waals surface area contributed by atoms with E-state index in [1.165, 1.54) is 12.1 Å². The standard InChI is InChI=1S/C19H11F4N5O4/c20-12-5-9(17-26-27-18(31-17)15(22)23)6-13(21)11(12)7-14-25-16(32-28-14)8-2-1-3-10(4-8)24-19(29)30/h1-6,15,24H,7H2,(H,29,30). The van der Waals surface area contributed by atoms with Gasteiger partial charge in [0.05, 0.1) is 0 Å². The zero-order chi connectivity index (χ0) is 22.8. The van der Waals surface area contributed by atoms with Crippen LogP contribution in [-0.2, 0) is 6.42 Å². The van der Waals surface area contributed by atoms with Crippen LogP contribution in [-0.4, -0.2) is 31.5 Å². The summed E-state index contributed by atoms with van der Waals surface area (Å²) in [5.74, 6) is -3.46. The number of alkyl halides is 2. The topological polar surface area (TPSA) is 127 Å². The first-order valence-corrected chi connectivity index (χ1v) is 8.83. The molecule has 0 fully saturated rings. The zero-order valence-corrected chi connectivity index (χ0v) is 15.7. The Kier molecular flexibility index (Phi) is 5.54. The van der Waals surface area contributed by atoms with Gasteiger partial charge in [0.1, 0.15) is 11.6 Å². The molecule has 0 atom stereocenters. The Balaban J connectivity index is 1.56. The molecule has 1 amide bonds. The molecule has 0 bridgehead atoms. The van der Waals surface area contributed by atoms with Crippen molar-refractivity contribution < 1.29 is 36.4 Å². The van der Waals surface area contributed by atoms with E-state index < -0.39 is 41.5 Å². The Morgan fingerprint density at radius 3 is 2.47 bits per heavy atom. The van der Waals surface area contributed by atoms with E-state index in [2.05, 4.69) is 25.7 Å². The van der Waals surface area contributed by atoms with Gasteiger partial charge < -0.3 is 14.0 Å². The van der Waals surface area contributed by atoms with Crippen LogP contribution in [0.1, 0.15) is 23.7 Å². The third-order valence-corrected chi connectivity index (χ3v) is 4.18. The second kappa shape index (κ2) is 8.45.